The van der Waals surface area contributed by atoms with Gasteiger partial charge in [-0.2, -0.15) is 0 Å². The number of benzene rings is 2. The molecule has 4 nitrogen and oxygen atoms in total. The maximum absolute atomic E-state index is 10.8. The number of carbonyl (C=O) groups is 1. The molecule has 0 fully saturated rings. The molecule has 2 rings (SSSR count). The van der Waals surface area contributed by atoms with E-state index in [-0.39, 0.29) is 0 Å². The highest BCUT2D eigenvalue weighted by Gasteiger charge is 2.06. The molecule has 0 aliphatic carbocycles. The fourth-order valence-corrected chi connectivity index (χ4v) is 2.20. The van der Waals surface area contributed by atoms with E-state index in [0.29, 0.717) is 28.2 Å². The van der Waals surface area contributed by atoms with Gasteiger partial charge >= 0.3 is 0 Å². The monoisotopic (exact) mass is 351 g/mol. The summed E-state index contributed by atoms with van der Waals surface area (Å²) >= 11 is 11.9. The zero-order chi connectivity index (χ0) is 16.8. The van der Waals surface area contributed by atoms with Crippen molar-refractivity contribution in [2.75, 3.05) is 7.11 Å². The molecule has 0 unspecified atom stereocenters. The number of halogens is 2. The second-order valence-corrected chi connectivity index (χ2v) is 5.50. The number of hydrogen-bond acceptors (Lipinski definition) is 3. The largest absolute Gasteiger partial charge is 0.493 e. The van der Waals surface area contributed by atoms with E-state index in [2.05, 4.69) is 0 Å². The van der Waals surface area contributed by atoms with Crippen LogP contribution in [0.5, 0.6) is 11.5 Å². The molecule has 120 valence electrons. The molecule has 2 aromatic rings. The normalized spacial score (nSPS) is 10.7. The Morgan fingerprint density at radius 3 is 2.57 bits per heavy atom. The number of methoxy groups -OCH3 is 1. The van der Waals surface area contributed by atoms with Crippen LogP contribution >= 0.6 is 23.2 Å². The molecule has 0 saturated carbocycles. The van der Waals surface area contributed by atoms with Crippen molar-refractivity contribution < 1.29 is 14.3 Å². The number of nitrogens with two attached hydrogens (primary N) is 1. The summed E-state index contributed by atoms with van der Waals surface area (Å²) in [6, 6.07) is 10.6. The van der Waals surface area contributed by atoms with Gasteiger partial charge in [-0.1, -0.05) is 35.3 Å². The predicted molar refractivity (Wildman–Crippen MR) is 92.0 cm³/mol. The number of carbonyl (C=O) groups excluding carboxylic acids is 1. The highest BCUT2D eigenvalue weighted by molar-refractivity contribution is 6.42. The van der Waals surface area contributed by atoms with Crippen LogP contribution in [0.2, 0.25) is 10.0 Å². The van der Waals surface area contributed by atoms with Gasteiger partial charge in [0, 0.05) is 6.08 Å². The average molecular weight is 352 g/mol. The first-order valence-corrected chi connectivity index (χ1v) is 7.47. The highest BCUT2D eigenvalue weighted by Crippen LogP contribution is 2.30. The van der Waals surface area contributed by atoms with Crippen LogP contribution in [0.4, 0.5) is 0 Å². The Morgan fingerprint density at radius 1 is 1.13 bits per heavy atom. The summed E-state index contributed by atoms with van der Waals surface area (Å²) in [7, 11) is 1.54. The Hall–Kier alpha value is -2.17. The molecule has 2 aromatic carbocycles. The lowest BCUT2D eigenvalue weighted by Crippen LogP contribution is -2.05. The zero-order valence-electron chi connectivity index (χ0n) is 12.4. The van der Waals surface area contributed by atoms with E-state index in [0.717, 1.165) is 11.1 Å². The van der Waals surface area contributed by atoms with Crippen LogP contribution in [0, 0.1) is 0 Å². The number of primary amides is 1. The lowest BCUT2D eigenvalue weighted by atomic mass is 10.2. The minimum absolute atomic E-state index is 0.323. The minimum Gasteiger partial charge on any atom is -0.493 e. The summed E-state index contributed by atoms with van der Waals surface area (Å²) in [5.41, 5.74) is 6.74. The first-order valence-electron chi connectivity index (χ1n) is 6.72. The molecule has 0 radical (unpaired) electrons. The van der Waals surface area contributed by atoms with Crippen molar-refractivity contribution in [3.8, 4) is 11.5 Å². The molecule has 23 heavy (non-hydrogen) atoms. The topological polar surface area (TPSA) is 61.5 Å². The van der Waals surface area contributed by atoms with E-state index >= 15 is 0 Å². The summed E-state index contributed by atoms with van der Waals surface area (Å²) in [5, 5.41) is 0.977. The summed E-state index contributed by atoms with van der Waals surface area (Å²) in [6.45, 7) is 0.323. The molecule has 0 aromatic heterocycles. The molecular weight excluding hydrogens is 337 g/mol. The van der Waals surface area contributed by atoms with Crippen molar-refractivity contribution >= 4 is 35.2 Å². The number of rotatable bonds is 6. The van der Waals surface area contributed by atoms with Gasteiger partial charge in [-0.05, 0) is 41.5 Å². The van der Waals surface area contributed by atoms with E-state index in [1.807, 2.05) is 6.07 Å². The van der Waals surface area contributed by atoms with Crippen molar-refractivity contribution in [3.63, 3.8) is 0 Å². The van der Waals surface area contributed by atoms with Gasteiger partial charge in [0.05, 0.1) is 17.2 Å². The van der Waals surface area contributed by atoms with Crippen LogP contribution < -0.4 is 15.2 Å². The third kappa shape index (κ3) is 4.91. The predicted octanol–water partition coefficient (Wildman–Crippen LogP) is 4.08. The fourth-order valence-electron chi connectivity index (χ4n) is 1.88. The molecule has 0 heterocycles. The average Bonchev–Trinajstić information content (AvgIpc) is 2.54. The van der Waals surface area contributed by atoms with Crippen LogP contribution in [-0.4, -0.2) is 13.0 Å². The van der Waals surface area contributed by atoms with Crippen LogP contribution in [-0.2, 0) is 11.4 Å². The molecular formula is C17H15Cl2NO3. The standard InChI is InChI=1S/C17H15Cl2NO3/c1-22-16-9-11(4-7-17(20)21)3-6-15(16)23-10-12-2-5-13(18)14(19)8-12/h2-9H,10H2,1H3,(H2,20,21). The van der Waals surface area contributed by atoms with Crippen molar-refractivity contribution in [2.45, 2.75) is 6.61 Å². The van der Waals surface area contributed by atoms with Gasteiger partial charge in [-0.15, -0.1) is 0 Å². The van der Waals surface area contributed by atoms with E-state index in [1.54, 1.807) is 43.5 Å². The van der Waals surface area contributed by atoms with Gasteiger partial charge in [-0.3, -0.25) is 4.79 Å². The van der Waals surface area contributed by atoms with Gasteiger partial charge in [0.15, 0.2) is 11.5 Å². The van der Waals surface area contributed by atoms with E-state index in [1.165, 1.54) is 6.08 Å². The Labute approximate surface area is 144 Å². The van der Waals surface area contributed by atoms with Crippen LogP contribution in [0.25, 0.3) is 6.08 Å². The van der Waals surface area contributed by atoms with Crippen molar-refractivity contribution in [1.29, 1.82) is 0 Å². The molecule has 0 aliphatic heterocycles. The van der Waals surface area contributed by atoms with E-state index in [4.69, 9.17) is 38.4 Å². The second-order valence-electron chi connectivity index (χ2n) is 4.68. The lowest BCUT2D eigenvalue weighted by Gasteiger charge is -2.12. The number of amides is 1. The summed E-state index contributed by atoms with van der Waals surface area (Å²) < 4.78 is 11.0. The molecule has 0 saturated heterocycles. The summed E-state index contributed by atoms with van der Waals surface area (Å²) in [5.74, 6) is 0.621. The molecule has 6 heteroatoms. The summed E-state index contributed by atoms with van der Waals surface area (Å²) in [6.07, 6.45) is 2.89. The molecule has 0 atom stereocenters. The zero-order valence-corrected chi connectivity index (χ0v) is 13.9. The Morgan fingerprint density at radius 2 is 1.91 bits per heavy atom. The van der Waals surface area contributed by atoms with Gasteiger partial charge in [0.2, 0.25) is 5.91 Å². The van der Waals surface area contributed by atoms with Gasteiger partial charge in [-0.25, -0.2) is 0 Å². The number of hydrogen-bond donors (Lipinski definition) is 1. The quantitative estimate of drug-likeness (QED) is 0.797. The van der Waals surface area contributed by atoms with Gasteiger partial charge in [0.25, 0.3) is 0 Å². The molecule has 1 amide bonds. The van der Waals surface area contributed by atoms with E-state index < -0.39 is 5.91 Å². The molecule has 0 aliphatic rings. The van der Waals surface area contributed by atoms with Crippen molar-refractivity contribution in [1.82, 2.24) is 0 Å². The Bertz CT molecular complexity index is 745. The van der Waals surface area contributed by atoms with Crippen molar-refractivity contribution in [3.05, 3.63) is 63.6 Å². The van der Waals surface area contributed by atoms with Crippen LogP contribution in [0.15, 0.2) is 42.5 Å². The van der Waals surface area contributed by atoms with Crippen molar-refractivity contribution in [2.24, 2.45) is 5.73 Å². The molecule has 0 bridgehead atoms. The SMILES string of the molecule is COc1cc(C=CC(N)=O)ccc1OCc1ccc(Cl)c(Cl)c1. The highest BCUT2D eigenvalue weighted by atomic mass is 35.5. The smallest absolute Gasteiger partial charge is 0.241 e. The third-order valence-electron chi connectivity index (χ3n) is 3.01. The minimum atomic E-state index is -0.510. The first kappa shape index (κ1) is 17.2. The Kier molecular flexibility index (Phi) is 5.90. The second kappa shape index (κ2) is 7.90. The maximum Gasteiger partial charge on any atom is 0.241 e. The van der Waals surface area contributed by atoms with Crippen LogP contribution in [0.1, 0.15) is 11.1 Å². The van der Waals surface area contributed by atoms with Gasteiger partial charge < -0.3 is 15.2 Å². The first-order chi connectivity index (χ1) is 11.0. The lowest BCUT2D eigenvalue weighted by molar-refractivity contribution is -0.113. The Balaban J connectivity index is 2.12. The van der Waals surface area contributed by atoms with Crippen LogP contribution in [0.3, 0.4) is 0 Å². The number of ether oxygens (including phenoxy) is 2. The third-order valence-corrected chi connectivity index (χ3v) is 3.75. The molecule has 0 spiro atoms. The van der Waals surface area contributed by atoms with Gasteiger partial charge in [0.1, 0.15) is 6.61 Å². The fraction of sp³-hybridized carbons (Fsp3) is 0.118. The van der Waals surface area contributed by atoms with E-state index in [9.17, 15) is 4.79 Å². The maximum atomic E-state index is 10.8. The molecule has 2 N–H and O–H groups in total. The summed E-state index contributed by atoms with van der Waals surface area (Å²) in [4.78, 5) is 10.8.